The molecule has 0 unspecified atom stereocenters. The second-order valence-corrected chi connectivity index (χ2v) is 6.12. The zero-order chi connectivity index (χ0) is 19.1. The molecule has 0 aliphatic carbocycles. The van der Waals surface area contributed by atoms with Crippen LogP contribution in [0.3, 0.4) is 0 Å². The van der Waals surface area contributed by atoms with Gasteiger partial charge in [0.15, 0.2) is 0 Å². The maximum absolute atomic E-state index is 12.5. The summed E-state index contributed by atoms with van der Waals surface area (Å²) >= 11 is 0. The van der Waals surface area contributed by atoms with E-state index in [1.165, 1.54) is 0 Å². The number of ether oxygens (including phenoxy) is 2. The Morgan fingerprint density at radius 2 is 1.81 bits per heavy atom. The van der Waals surface area contributed by atoms with E-state index in [1.54, 1.807) is 36.3 Å². The van der Waals surface area contributed by atoms with Gasteiger partial charge in [-0.25, -0.2) is 0 Å². The van der Waals surface area contributed by atoms with Gasteiger partial charge in [-0.1, -0.05) is 12.1 Å². The minimum Gasteiger partial charge on any atom is -0.497 e. The molecule has 0 bridgehead atoms. The van der Waals surface area contributed by atoms with Crippen LogP contribution in [0.25, 0.3) is 0 Å². The van der Waals surface area contributed by atoms with Gasteiger partial charge in [-0.3, -0.25) is 9.59 Å². The number of amides is 2. The Balaban J connectivity index is 1.56. The second-order valence-electron chi connectivity index (χ2n) is 6.12. The second kappa shape index (κ2) is 9.05. The van der Waals surface area contributed by atoms with Gasteiger partial charge in [0.1, 0.15) is 5.75 Å². The van der Waals surface area contributed by atoms with Crippen molar-refractivity contribution >= 4 is 23.2 Å². The predicted molar refractivity (Wildman–Crippen MR) is 103 cm³/mol. The lowest BCUT2D eigenvalue weighted by Gasteiger charge is -2.27. The van der Waals surface area contributed by atoms with Crippen molar-refractivity contribution in [3.63, 3.8) is 0 Å². The molecular formula is C20H23N3O4. The number of nitrogens with zero attached hydrogens (tertiary/aromatic N) is 1. The van der Waals surface area contributed by atoms with Crippen LogP contribution in [0.2, 0.25) is 0 Å². The first-order chi connectivity index (χ1) is 13.2. The largest absolute Gasteiger partial charge is 0.497 e. The molecule has 0 saturated carbocycles. The van der Waals surface area contributed by atoms with Crippen LogP contribution in [0.4, 0.5) is 11.4 Å². The van der Waals surface area contributed by atoms with E-state index in [2.05, 4.69) is 10.6 Å². The molecule has 142 valence electrons. The highest BCUT2D eigenvalue weighted by Crippen LogP contribution is 2.17. The number of hydrogen-bond acceptors (Lipinski definition) is 5. The lowest BCUT2D eigenvalue weighted by atomic mass is 10.1. The maximum atomic E-state index is 12.5. The van der Waals surface area contributed by atoms with E-state index in [0.717, 1.165) is 11.4 Å². The van der Waals surface area contributed by atoms with E-state index in [1.807, 2.05) is 24.3 Å². The zero-order valence-electron chi connectivity index (χ0n) is 15.2. The average molecular weight is 369 g/mol. The van der Waals surface area contributed by atoms with E-state index in [4.69, 9.17) is 9.47 Å². The molecule has 7 heteroatoms. The van der Waals surface area contributed by atoms with E-state index in [0.29, 0.717) is 37.6 Å². The molecule has 0 spiro atoms. The Morgan fingerprint density at radius 1 is 1.07 bits per heavy atom. The Kier molecular flexibility index (Phi) is 6.27. The summed E-state index contributed by atoms with van der Waals surface area (Å²) < 4.78 is 10.4. The van der Waals surface area contributed by atoms with Crippen molar-refractivity contribution in [1.29, 1.82) is 0 Å². The molecule has 1 aliphatic heterocycles. The Morgan fingerprint density at radius 3 is 2.59 bits per heavy atom. The number of methoxy groups -OCH3 is 1. The summed E-state index contributed by atoms with van der Waals surface area (Å²) in [6, 6.07) is 14.3. The van der Waals surface area contributed by atoms with Gasteiger partial charge in [0.05, 0.1) is 26.9 Å². The molecule has 1 saturated heterocycles. The summed E-state index contributed by atoms with van der Waals surface area (Å²) in [5.74, 6) is 0.465. The van der Waals surface area contributed by atoms with Crippen molar-refractivity contribution in [3.8, 4) is 5.75 Å². The fraction of sp³-hybridized carbons (Fsp3) is 0.300. The third kappa shape index (κ3) is 5.21. The first kappa shape index (κ1) is 18.7. The first-order valence-electron chi connectivity index (χ1n) is 8.80. The Hall–Kier alpha value is -3.06. The number of nitrogens with one attached hydrogen (secondary N) is 2. The lowest BCUT2D eigenvalue weighted by molar-refractivity contribution is -0.114. The van der Waals surface area contributed by atoms with Crippen LogP contribution in [0.15, 0.2) is 48.5 Å². The summed E-state index contributed by atoms with van der Waals surface area (Å²) in [7, 11) is 1.59. The molecule has 2 aromatic carbocycles. The molecule has 2 amide bonds. The van der Waals surface area contributed by atoms with E-state index < -0.39 is 0 Å². The number of benzene rings is 2. The molecule has 3 rings (SSSR count). The fourth-order valence-corrected chi connectivity index (χ4v) is 2.80. The number of morpholine rings is 1. The standard InChI is InChI=1S/C20H23N3O4/c1-26-18-7-3-5-16(13-18)21-14-19(24)22-17-6-2-4-15(12-17)20(25)23-8-10-27-11-9-23/h2-7,12-13,21H,8-11,14H2,1H3,(H,22,24). The van der Waals surface area contributed by atoms with Gasteiger partial charge >= 0.3 is 0 Å². The number of carbonyl (C=O) groups excluding carboxylic acids is 2. The molecule has 7 nitrogen and oxygen atoms in total. The van der Waals surface area contributed by atoms with E-state index in [9.17, 15) is 9.59 Å². The number of carbonyl (C=O) groups is 2. The summed E-state index contributed by atoms with van der Waals surface area (Å²) in [5, 5.41) is 5.86. The van der Waals surface area contributed by atoms with E-state index >= 15 is 0 Å². The topological polar surface area (TPSA) is 79.9 Å². The molecular weight excluding hydrogens is 346 g/mol. The quantitative estimate of drug-likeness (QED) is 0.816. The highest BCUT2D eigenvalue weighted by Gasteiger charge is 2.18. The normalized spacial score (nSPS) is 13.7. The summed E-state index contributed by atoms with van der Waals surface area (Å²) in [6.45, 7) is 2.38. The first-order valence-corrected chi connectivity index (χ1v) is 8.80. The molecule has 0 aromatic heterocycles. The summed E-state index contributed by atoms with van der Waals surface area (Å²) in [5.41, 5.74) is 1.93. The van der Waals surface area contributed by atoms with E-state index in [-0.39, 0.29) is 18.4 Å². The smallest absolute Gasteiger partial charge is 0.254 e. The van der Waals surface area contributed by atoms with Crippen LogP contribution < -0.4 is 15.4 Å². The van der Waals surface area contributed by atoms with Gasteiger partial charge in [0, 0.05) is 36.1 Å². The summed E-state index contributed by atoms with van der Waals surface area (Å²) in [6.07, 6.45) is 0. The van der Waals surface area contributed by atoms with Crippen molar-refractivity contribution in [2.45, 2.75) is 0 Å². The van der Waals surface area contributed by atoms with Crippen LogP contribution in [0, 0.1) is 0 Å². The number of hydrogen-bond donors (Lipinski definition) is 2. The lowest BCUT2D eigenvalue weighted by Crippen LogP contribution is -2.40. The SMILES string of the molecule is COc1cccc(NCC(=O)Nc2cccc(C(=O)N3CCOCC3)c2)c1. The molecule has 27 heavy (non-hydrogen) atoms. The molecule has 1 fully saturated rings. The Bertz CT molecular complexity index is 803. The Labute approximate surface area is 158 Å². The molecule has 0 atom stereocenters. The van der Waals surface area contributed by atoms with Crippen molar-refractivity contribution < 1.29 is 19.1 Å². The maximum Gasteiger partial charge on any atom is 0.254 e. The van der Waals surface area contributed by atoms with Crippen molar-refractivity contribution in [2.24, 2.45) is 0 Å². The van der Waals surface area contributed by atoms with Gasteiger partial charge in [0.2, 0.25) is 5.91 Å². The molecule has 1 heterocycles. The van der Waals surface area contributed by atoms with Crippen molar-refractivity contribution in [2.75, 3.05) is 50.6 Å². The number of rotatable bonds is 6. The molecule has 2 N–H and O–H groups in total. The monoisotopic (exact) mass is 369 g/mol. The van der Waals surface area contributed by atoms with Gasteiger partial charge in [0.25, 0.3) is 5.91 Å². The van der Waals surface area contributed by atoms with Crippen LogP contribution in [-0.4, -0.2) is 56.7 Å². The highest BCUT2D eigenvalue weighted by atomic mass is 16.5. The van der Waals surface area contributed by atoms with Gasteiger partial charge in [-0.2, -0.15) is 0 Å². The third-order valence-corrected chi connectivity index (χ3v) is 4.21. The summed E-state index contributed by atoms with van der Waals surface area (Å²) in [4.78, 5) is 26.5. The van der Waals surface area contributed by atoms with Crippen LogP contribution >= 0.6 is 0 Å². The molecule has 1 aliphatic rings. The number of anilines is 2. The van der Waals surface area contributed by atoms with Crippen LogP contribution in [0.1, 0.15) is 10.4 Å². The minimum absolute atomic E-state index is 0.0519. The molecule has 2 aromatic rings. The predicted octanol–water partition coefficient (Wildman–Crippen LogP) is 2.22. The fourth-order valence-electron chi connectivity index (χ4n) is 2.80. The van der Waals surface area contributed by atoms with Gasteiger partial charge < -0.3 is 25.0 Å². The van der Waals surface area contributed by atoms with Crippen LogP contribution in [0.5, 0.6) is 5.75 Å². The van der Waals surface area contributed by atoms with Crippen molar-refractivity contribution in [1.82, 2.24) is 4.90 Å². The van der Waals surface area contributed by atoms with Gasteiger partial charge in [-0.05, 0) is 30.3 Å². The van der Waals surface area contributed by atoms with Gasteiger partial charge in [-0.15, -0.1) is 0 Å². The average Bonchev–Trinajstić information content (AvgIpc) is 2.72. The van der Waals surface area contributed by atoms with Crippen molar-refractivity contribution in [3.05, 3.63) is 54.1 Å². The van der Waals surface area contributed by atoms with Crippen LogP contribution in [-0.2, 0) is 9.53 Å². The third-order valence-electron chi connectivity index (χ3n) is 4.21. The zero-order valence-corrected chi connectivity index (χ0v) is 15.2. The molecule has 0 radical (unpaired) electrons. The highest BCUT2D eigenvalue weighted by molar-refractivity contribution is 5.98. The minimum atomic E-state index is -0.200.